The first-order valence-electron chi connectivity index (χ1n) is 5.97. The van der Waals surface area contributed by atoms with E-state index in [0.717, 1.165) is 0 Å². The van der Waals surface area contributed by atoms with Gasteiger partial charge in [-0.25, -0.2) is 0 Å². The minimum Gasteiger partial charge on any atom is -0.459 e. The van der Waals surface area contributed by atoms with Crippen LogP contribution in [0.3, 0.4) is 0 Å². The Morgan fingerprint density at radius 3 is 2.41 bits per heavy atom. The molecule has 0 spiro atoms. The average Bonchev–Trinajstić information content (AvgIpc) is 2.11. The van der Waals surface area contributed by atoms with Crippen molar-refractivity contribution in [2.24, 2.45) is 0 Å². The van der Waals surface area contributed by atoms with Crippen molar-refractivity contribution in [3.8, 4) is 0 Å². The number of carbonyl (C=O) groups is 2. The Morgan fingerprint density at radius 1 is 1.35 bits per heavy atom. The smallest absolute Gasteiger partial charge is 0.313 e. The standard InChI is InChI=1S/C12H22O4Si/c1-12(2,3)17(4,5)15-8-10-6-9(13)7-11(14)16-10/h10H,6-8H2,1-5H3. The molecule has 0 aromatic heterocycles. The Balaban J connectivity index is 2.51. The van der Waals surface area contributed by atoms with Crippen LogP contribution in [0.4, 0.5) is 0 Å². The molecule has 0 amide bonds. The molecule has 0 radical (unpaired) electrons. The van der Waals surface area contributed by atoms with E-state index in [0.29, 0.717) is 13.0 Å². The largest absolute Gasteiger partial charge is 0.459 e. The molecule has 0 N–H and O–H groups in total. The first kappa shape index (κ1) is 14.4. The zero-order chi connectivity index (χ0) is 13.3. The third-order valence-electron chi connectivity index (χ3n) is 3.53. The van der Waals surface area contributed by atoms with Crippen LogP contribution in [0.1, 0.15) is 33.6 Å². The lowest BCUT2D eigenvalue weighted by Crippen LogP contribution is -2.44. The van der Waals surface area contributed by atoms with Gasteiger partial charge >= 0.3 is 5.97 Å². The number of hydrogen-bond acceptors (Lipinski definition) is 4. The van der Waals surface area contributed by atoms with Gasteiger partial charge in [0.15, 0.2) is 8.32 Å². The first-order chi connectivity index (χ1) is 7.62. The van der Waals surface area contributed by atoms with Crippen LogP contribution >= 0.6 is 0 Å². The molecule has 5 heteroatoms. The highest BCUT2D eigenvalue weighted by Gasteiger charge is 2.38. The van der Waals surface area contributed by atoms with E-state index in [-0.39, 0.29) is 17.2 Å². The molecule has 1 fully saturated rings. The van der Waals surface area contributed by atoms with Crippen molar-refractivity contribution in [1.29, 1.82) is 0 Å². The molecule has 0 aliphatic carbocycles. The van der Waals surface area contributed by atoms with Crippen molar-refractivity contribution in [1.82, 2.24) is 0 Å². The zero-order valence-electron chi connectivity index (χ0n) is 11.3. The van der Waals surface area contributed by atoms with Gasteiger partial charge in [-0.05, 0) is 18.1 Å². The van der Waals surface area contributed by atoms with Gasteiger partial charge in [-0.2, -0.15) is 0 Å². The number of Topliss-reactive ketones (excluding diaryl/α,β-unsaturated/α-hetero) is 1. The summed E-state index contributed by atoms with van der Waals surface area (Å²) < 4.78 is 11.0. The van der Waals surface area contributed by atoms with E-state index in [1.54, 1.807) is 0 Å². The normalized spacial score (nSPS) is 22.5. The second kappa shape index (κ2) is 4.90. The summed E-state index contributed by atoms with van der Waals surface area (Å²) >= 11 is 0. The predicted molar refractivity (Wildman–Crippen MR) is 67.3 cm³/mol. The van der Waals surface area contributed by atoms with Crippen LogP contribution in [0.15, 0.2) is 0 Å². The van der Waals surface area contributed by atoms with Crippen LogP contribution in [-0.2, 0) is 18.8 Å². The fourth-order valence-corrected chi connectivity index (χ4v) is 2.40. The minimum absolute atomic E-state index is 0.0509. The molecule has 0 bridgehead atoms. The van der Waals surface area contributed by atoms with Crippen LogP contribution in [0, 0.1) is 0 Å². The molecule has 1 unspecified atom stereocenters. The molecular weight excluding hydrogens is 236 g/mol. The molecule has 1 rings (SSSR count). The van der Waals surface area contributed by atoms with E-state index in [1.165, 1.54) is 0 Å². The molecule has 17 heavy (non-hydrogen) atoms. The second-order valence-electron chi connectivity index (χ2n) is 6.10. The highest BCUT2D eigenvalue weighted by atomic mass is 28.4. The van der Waals surface area contributed by atoms with Crippen molar-refractivity contribution in [3.05, 3.63) is 0 Å². The Hall–Kier alpha value is -0.683. The Morgan fingerprint density at radius 2 is 1.94 bits per heavy atom. The summed E-state index contributed by atoms with van der Waals surface area (Å²) in [5.41, 5.74) is 0. The molecule has 1 atom stereocenters. The van der Waals surface area contributed by atoms with Gasteiger partial charge in [0.25, 0.3) is 0 Å². The van der Waals surface area contributed by atoms with Crippen LogP contribution in [0.2, 0.25) is 18.1 Å². The van der Waals surface area contributed by atoms with E-state index in [4.69, 9.17) is 9.16 Å². The van der Waals surface area contributed by atoms with Crippen molar-refractivity contribution in [2.45, 2.75) is 57.8 Å². The topological polar surface area (TPSA) is 52.6 Å². The van der Waals surface area contributed by atoms with Gasteiger partial charge in [0, 0.05) is 6.42 Å². The lowest BCUT2D eigenvalue weighted by molar-refractivity contribution is -0.159. The Bertz CT molecular complexity index is 301. The maximum atomic E-state index is 11.3. The number of carbonyl (C=O) groups excluding carboxylic acids is 2. The third kappa shape index (κ3) is 3.92. The molecular formula is C12H22O4Si. The molecule has 1 aliphatic heterocycles. The van der Waals surface area contributed by atoms with E-state index in [2.05, 4.69) is 33.9 Å². The van der Waals surface area contributed by atoms with Crippen molar-refractivity contribution < 1.29 is 18.8 Å². The number of ketones is 1. The quantitative estimate of drug-likeness (QED) is 0.443. The summed E-state index contributed by atoms with van der Waals surface area (Å²) in [7, 11) is -1.84. The summed E-state index contributed by atoms with van der Waals surface area (Å²) in [6, 6.07) is 0. The summed E-state index contributed by atoms with van der Waals surface area (Å²) in [6.07, 6.45) is -0.186. The first-order valence-corrected chi connectivity index (χ1v) is 8.88. The lowest BCUT2D eigenvalue weighted by Gasteiger charge is -2.37. The minimum atomic E-state index is -1.84. The van der Waals surface area contributed by atoms with Gasteiger partial charge in [0.2, 0.25) is 0 Å². The third-order valence-corrected chi connectivity index (χ3v) is 8.03. The second-order valence-corrected chi connectivity index (χ2v) is 10.9. The fraction of sp³-hybridized carbons (Fsp3) is 0.833. The number of hydrogen-bond donors (Lipinski definition) is 0. The SMILES string of the molecule is CC(C)(C)[Si](C)(C)OCC1CC(=O)CC(=O)O1. The Kier molecular flexibility index (Phi) is 4.14. The van der Waals surface area contributed by atoms with Crippen LogP contribution in [-0.4, -0.2) is 32.8 Å². The maximum Gasteiger partial charge on any atom is 0.313 e. The number of ether oxygens (including phenoxy) is 1. The highest BCUT2D eigenvalue weighted by molar-refractivity contribution is 6.74. The summed E-state index contributed by atoms with van der Waals surface area (Å²) in [6.45, 7) is 11.1. The van der Waals surface area contributed by atoms with Gasteiger partial charge in [0.05, 0.1) is 6.61 Å². The molecule has 0 saturated carbocycles. The molecule has 98 valence electrons. The number of cyclic esters (lactones) is 1. The van der Waals surface area contributed by atoms with Crippen molar-refractivity contribution in [3.63, 3.8) is 0 Å². The number of esters is 1. The summed E-state index contributed by atoms with van der Waals surface area (Å²) in [4.78, 5) is 22.4. The Labute approximate surface area is 104 Å². The van der Waals surface area contributed by atoms with Crippen LogP contribution < -0.4 is 0 Å². The molecule has 1 heterocycles. The van der Waals surface area contributed by atoms with Crippen molar-refractivity contribution in [2.75, 3.05) is 6.61 Å². The summed E-state index contributed by atoms with van der Waals surface area (Å²) in [5, 5.41) is 0.121. The molecule has 4 nitrogen and oxygen atoms in total. The van der Waals surface area contributed by atoms with Crippen molar-refractivity contribution >= 4 is 20.1 Å². The molecule has 1 aliphatic rings. The van der Waals surface area contributed by atoms with Gasteiger partial charge in [-0.3, -0.25) is 9.59 Å². The molecule has 1 saturated heterocycles. The lowest BCUT2D eigenvalue weighted by atomic mass is 10.1. The van der Waals surface area contributed by atoms with E-state index < -0.39 is 20.4 Å². The van der Waals surface area contributed by atoms with Gasteiger partial charge in [-0.15, -0.1) is 0 Å². The monoisotopic (exact) mass is 258 g/mol. The van der Waals surface area contributed by atoms with E-state index in [1.807, 2.05) is 0 Å². The van der Waals surface area contributed by atoms with E-state index in [9.17, 15) is 9.59 Å². The van der Waals surface area contributed by atoms with Gasteiger partial charge in [0.1, 0.15) is 18.3 Å². The molecule has 0 aromatic rings. The van der Waals surface area contributed by atoms with Crippen LogP contribution in [0.25, 0.3) is 0 Å². The zero-order valence-corrected chi connectivity index (χ0v) is 12.3. The summed E-state index contributed by atoms with van der Waals surface area (Å²) in [5.74, 6) is -0.477. The highest BCUT2D eigenvalue weighted by Crippen LogP contribution is 2.36. The van der Waals surface area contributed by atoms with Gasteiger partial charge < -0.3 is 9.16 Å². The predicted octanol–water partition coefficient (Wildman–Crippen LogP) is 2.28. The van der Waals surface area contributed by atoms with Gasteiger partial charge in [-0.1, -0.05) is 20.8 Å². The average molecular weight is 258 g/mol. The number of rotatable bonds is 3. The van der Waals surface area contributed by atoms with E-state index >= 15 is 0 Å². The van der Waals surface area contributed by atoms with Crippen LogP contribution in [0.5, 0.6) is 0 Å². The molecule has 0 aromatic carbocycles. The maximum absolute atomic E-state index is 11.3. The fourth-order valence-electron chi connectivity index (χ4n) is 1.37.